The molecule has 2 aromatic rings. The van der Waals surface area contributed by atoms with Crippen molar-refractivity contribution in [3.05, 3.63) is 36.2 Å². The number of sulfonamides is 1. The van der Waals surface area contributed by atoms with Crippen LogP contribution in [0, 0.1) is 5.92 Å². The smallest absolute Gasteiger partial charge is 0.407 e. The Balaban J connectivity index is 1.53. The number of amides is 1. The quantitative estimate of drug-likeness (QED) is 0.658. The van der Waals surface area contributed by atoms with Crippen LogP contribution >= 0.6 is 0 Å². The highest BCUT2D eigenvalue weighted by Gasteiger charge is 2.35. The van der Waals surface area contributed by atoms with E-state index >= 15 is 0 Å². The van der Waals surface area contributed by atoms with Gasteiger partial charge in [0.25, 0.3) is 0 Å². The maximum Gasteiger partial charge on any atom is 0.407 e. The molecule has 1 amide bonds. The summed E-state index contributed by atoms with van der Waals surface area (Å²) in [5.74, 6) is 1.47. The number of benzene rings is 1. The number of fused-ring (bicyclic) bond motifs is 1. The molecule has 10 nitrogen and oxygen atoms in total. The van der Waals surface area contributed by atoms with Gasteiger partial charge in [0.05, 0.1) is 10.5 Å². The fourth-order valence-corrected chi connectivity index (χ4v) is 5.53. The van der Waals surface area contributed by atoms with Crippen molar-refractivity contribution in [2.45, 2.75) is 50.2 Å². The second-order valence-corrected chi connectivity index (χ2v) is 11.4. The van der Waals surface area contributed by atoms with Crippen molar-refractivity contribution in [1.29, 1.82) is 0 Å². The second-order valence-electron chi connectivity index (χ2n) is 9.22. The fraction of sp³-hybridized carbons (Fsp3) is 0.522. The molecular weight excluding hydrogens is 458 g/mol. The molecule has 1 aromatic carbocycles. The van der Waals surface area contributed by atoms with Gasteiger partial charge in [-0.1, -0.05) is 13.8 Å². The van der Waals surface area contributed by atoms with E-state index in [1.807, 2.05) is 18.7 Å². The molecule has 0 aliphatic carbocycles. The van der Waals surface area contributed by atoms with Crippen LogP contribution in [-0.4, -0.2) is 78.1 Å². The van der Waals surface area contributed by atoms with Crippen molar-refractivity contribution >= 4 is 27.6 Å². The number of aromatic nitrogens is 2. The third-order valence-electron chi connectivity index (χ3n) is 6.54. The lowest BCUT2D eigenvalue weighted by atomic mass is 9.91. The second kappa shape index (κ2) is 9.38. The van der Waals surface area contributed by atoms with E-state index < -0.39 is 16.1 Å². The Labute approximate surface area is 200 Å². The van der Waals surface area contributed by atoms with Crippen LogP contribution in [0.4, 0.5) is 16.3 Å². The zero-order chi connectivity index (χ0) is 24.6. The third-order valence-corrected chi connectivity index (χ3v) is 8.37. The molecule has 11 heteroatoms. The number of hydrogen-bond donors (Lipinski definition) is 1. The van der Waals surface area contributed by atoms with Crippen LogP contribution in [0.2, 0.25) is 0 Å². The number of nitrogens with zero attached hydrogens (tertiary/aromatic N) is 5. The van der Waals surface area contributed by atoms with Gasteiger partial charge < -0.3 is 19.6 Å². The van der Waals surface area contributed by atoms with E-state index in [0.717, 1.165) is 17.1 Å². The van der Waals surface area contributed by atoms with Crippen LogP contribution in [0.25, 0.3) is 0 Å². The van der Waals surface area contributed by atoms with Crippen LogP contribution in [0.3, 0.4) is 0 Å². The molecule has 1 saturated heterocycles. The van der Waals surface area contributed by atoms with Gasteiger partial charge in [0.1, 0.15) is 18.2 Å². The zero-order valence-electron chi connectivity index (χ0n) is 19.9. The largest absolute Gasteiger partial charge is 0.474 e. The van der Waals surface area contributed by atoms with E-state index in [9.17, 15) is 18.3 Å². The molecular formula is C23H31N5O5S. The van der Waals surface area contributed by atoms with Gasteiger partial charge >= 0.3 is 6.09 Å². The van der Waals surface area contributed by atoms with Gasteiger partial charge in [-0.05, 0) is 36.6 Å². The van der Waals surface area contributed by atoms with Gasteiger partial charge in [-0.15, -0.1) is 0 Å². The Kier molecular flexibility index (Phi) is 6.68. The molecule has 2 atom stereocenters. The molecule has 2 aliphatic heterocycles. The lowest BCUT2D eigenvalue weighted by molar-refractivity contribution is 0.0361. The number of anilines is 2. The first-order valence-corrected chi connectivity index (χ1v) is 12.8. The SMILES string of the molecule is CC(C)C1CC(Oc2ncnc3c2CCN3c2ccc(S(=O)(=O)N(C)C)cc2)CCN1C(=O)O. The first-order chi connectivity index (χ1) is 16.1. The Morgan fingerprint density at radius 2 is 1.88 bits per heavy atom. The number of carbonyl (C=O) groups is 1. The molecule has 34 heavy (non-hydrogen) atoms. The molecule has 1 fully saturated rings. The van der Waals surface area contributed by atoms with Crippen LogP contribution in [0.1, 0.15) is 32.3 Å². The van der Waals surface area contributed by atoms with Gasteiger partial charge in [0.2, 0.25) is 15.9 Å². The van der Waals surface area contributed by atoms with Gasteiger partial charge in [0.15, 0.2) is 0 Å². The fourth-order valence-electron chi connectivity index (χ4n) is 4.63. The molecule has 0 bridgehead atoms. The molecule has 0 spiro atoms. The Morgan fingerprint density at radius 1 is 1.18 bits per heavy atom. The molecule has 0 saturated carbocycles. The number of likely N-dealkylation sites (tertiary alicyclic amines) is 1. The van der Waals surface area contributed by atoms with Crippen LogP contribution in [0.15, 0.2) is 35.5 Å². The minimum absolute atomic E-state index is 0.0976. The zero-order valence-corrected chi connectivity index (χ0v) is 20.7. The van der Waals surface area contributed by atoms with E-state index in [2.05, 4.69) is 9.97 Å². The van der Waals surface area contributed by atoms with Crippen LogP contribution in [0.5, 0.6) is 5.88 Å². The summed E-state index contributed by atoms with van der Waals surface area (Å²) in [5, 5.41) is 9.51. The van der Waals surface area contributed by atoms with Gasteiger partial charge in [0, 0.05) is 51.8 Å². The highest BCUT2D eigenvalue weighted by Crippen LogP contribution is 2.38. The molecule has 3 heterocycles. The number of rotatable bonds is 6. The van der Waals surface area contributed by atoms with E-state index in [1.165, 1.54) is 29.6 Å². The summed E-state index contributed by atoms with van der Waals surface area (Å²) in [7, 11) is -0.477. The van der Waals surface area contributed by atoms with Crippen molar-refractivity contribution in [1.82, 2.24) is 19.2 Å². The monoisotopic (exact) mass is 489 g/mol. The summed E-state index contributed by atoms with van der Waals surface area (Å²) in [5.41, 5.74) is 1.75. The summed E-state index contributed by atoms with van der Waals surface area (Å²) < 4.78 is 32.2. The maximum atomic E-state index is 12.4. The van der Waals surface area contributed by atoms with E-state index in [-0.39, 0.29) is 23.0 Å². The van der Waals surface area contributed by atoms with Crippen molar-refractivity contribution in [2.24, 2.45) is 5.92 Å². The molecule has 4 rings (SSSR count). The normalized spacial score (nSPS) is 20.6. The molecule has 184 valence electrons. The van der Waals surface area contributed by atoms with E-state index in [4.69, 9.17) is 4.74 Å². The molecule has 1 aromatic heterocycles. The van der Waals surface area contributed by atoms with Gasteiger partial charge in [-0.25, -0.2) is 27.5 Å². The lowest BCUT2D eigenvalue weighted by Gasteiger charge is -2.39. The summed E-state index contributed by atoms with van der Waals surface area (Å²) in [4.78, 5) is 24.2. The van der Waals surface area contributed by atoms with Crippen molar-refractivity contribution in [3.8, 4) is 5.88 Å². The van der Waals surface area contributed by atoms with E-state index in [0.29, 0.717) is 38.2 Å². The topological polar surface area (TPSA) is 116 Å². The highest BCUT2D eigenvalue weighted by molar-refractivity contribution is 7.89. The first kappa shape index (κ1) is 24.2. The Bertz CT molecular complexity index is 1150. The van der Waals surface area contributed by atoms with Crippen molar-refractivity contribution in [2.75, 3.05) is 32.1 Å². The number of ether oxygens (including phenoxy) is 1. The van der Waals surface area contributed by atoms with Crippen molar-refractivity contribution < 1.29 is 23.1 Å². The third kappa shape index (κ3) is 4.54. The van der Waals surface area contributed by atoms with Crippen LogP contribution in [-0.2, 0) is 16.4 Å². The first-order valence-electron chi connectivity index (χ1n) is 11.4. The molecule has 1 N–H and O–H groups in total. The number of hydrogen-bond acceptors (Lipinski definition) is 7. The Hall–Kier alpha value is -2.92. The molecule has 2 unspecified atom stereocenters. The van der Waals surface area contributed by atoms with Crippen LogP contribution < -0.4 is 9.64 Å². The standard InChI is InChI=1S/C23H31N5O5S/c1-15(2)20-13-17(9-11-28(20)23(29)30)33-22-19-10-12-27(21(19)24-14-25-22)16-5-7-18(8-6-16)34(31,32)26(3)4/h5-8,14-15,17,20H,9-13H2,1-4H3,(H,29,30). The van der Waals surface area contributed by atoms with E-state index in [1.54, 1.807) is 24.3 Å². The Morgan fingerprint density at radius 3 is 2.50 bits per heavy atom. The maximum absolute atomic E-state index is 12.4. The average Bonchev–Trinajstić information content (AvgIpc) is 3.24. The minimum Gasteiger partial charge on any atom is -0.474 e. The lowest BCUT2D eigenvalue weighted by Crippen LogP contribution is -2.50. The molecule has 0 radical (unpaired) electrons. The van der Waals surface area contributed by atoms with Gasteiger partial charge in [-0.2, -0.15) is 0 Å². The summed E-state index contributed by atoms with van der Waals surface area (Å²) >= 11 is 0. The molecule has 2 aliphatic rings. The predicted octanol–water partition coefficient (Wildman–Crippen LogP) is 2.97. The average molecular weight is 490 g/mol. The summed E-state index contributed by atoms with van der Waals surface area (Å²) in [6, 6.07) is 6.67. The highest BCUT2D eigenvalue weighted by atomic mass is 32.2. The van der Waals surface area contributed by atoms with Crippen molar-refractivity contribution in [3.63, 3.8) is 0 Å². The number of carboxylic acid groups (broad SMARTS) is 1. The summed E-state index contributed by atoms with van der Waals surface area (Å²) in [6.45, 7) is 5.16. The van der Waals surface area contributed by atoms with Gasteiger partial charge in [-0.3, -0.25) is 0 Å². The minimum atomic E-state index is -3.49. The summed E-state index contributed by atoms with van der Waals surface area (Å²) in [6.07, 6.45) is 2.40. The predicted molar refractivity (Wildman–Crippen MR) is 127 cm³/mol. The number of piperidine rings is 1.